The van der Waals surface area contributed by atoms with E-state index >= 15 is 0 Å². The smallest absolute Gasteiger partial charge is 0.191 e. The second-order valence-corrected chi connectivity index (χ2v) is 6.05. The van der Waals surface area contributed by atoms with Crippen molar-refractivity contribution in [1.82, 2.24) is 15.2 Å². The quantitative estimate of drug-likeness (QED) is 0.334. The van der Waals surface area contributed by atoms with E-state index in [1.165, 1.54) is 11.1 Å². The Labute approximate surface area is 174 Å². The largest absolute Gasteiger partial charge is 0.494 e. The van der Waals surface area contributed by atoms with Crippen molar-refractivity contribution < 1.29 is 4.74 Å². The first kappa shape index (κ1) is 22.3. The average Bonchev–Trinajstić information content (AvgIpc) is 3.03. The van der Waals surface area contributed by atoms with Crippen molar-refractivity contribution in [2.75, 3.05) is 19.7 Å². The molecule has 0 unspecified atom stereocenters. The molecule has 0 saturated heterocycles. The van der Waals surface area contributed by atoms with Crippen LogP contribution in [-0.4, -0.2) is 30.2 Å². The molecule has 0 aliphatic heterocycles. The molecule has 1 aromatic heterocycles. The molecule has 0 fully saturated rings. The van der Waals surface area contributed by atoms with Crippen molar-refractivity contribution in [3.8, 4) is 5.75 Å². The average molecular weight is 470 g/mol. The van der Waals surface area contributed by atoms with E-state index in [2.05, 4.69) is 59.9 Å². The Bertz CT molecular complexity index is 669. The molecule has 5 nitrogen and oxygen atoms in total. The zero-order valence-corrected chi connectivity index (χ0v) is 18.3. The molecule has 144 valence electrons. The van der Waals surface area contributed by atoms with Crippen LogP contribution >= 0.6 is 24.0 Å². The number of rotatable bonds is 9. The van der Waals surface area contributed by atoms with Gasteiger partial charge in [0.25, 0.3) is 0 Å². The highest BCUT2D eigenvalue weighted by Crippen LogP contribution is 2.13. The summed E-state index contributed by atoms with van der Waals surface area (Å²) in [5, 5.41) is 6.69. The van der Waals surface area contributed by atoms with Crippen LogP contribution < -0.4 is 15.4 Å². The number of hydrogen-bond donors (Lipinski definition) is 2. The minimum absolute atomic E-state index is 0. The van der Waals surface area contributed by atoms with Crippen LogP contribution in [0.2, 0.25) is 0 Å². The van der Waals surface area contributed by atoms with Crippen molar-refractivity contribution in [2.45, 2.75) is 33.2 Å². The molecule has 2 aromatic rings. The van der Waals surface area contributed by atoms with E-state index in [1.807, 2.05) is 23.9 Å². The molecular weight excluding hydrogens is 439 g/mol. The maximum absolute atomic E-state index is 5.69. The van der Waals surface area contributed by atoms with E-state index in [0.717, 1.165) is 44.2 Å². The van der Waals surface area contributed by atoms with Gasteiger partial charge in [-0.05, 0) is 49.1 Å². The lowest BCUT2D eigenvalue weighted by Gasteiger charge is -2.12. The van der Waals surface area contributed by atoms with Gasteiger partial charge in [0.1, 0.15) is 5.75 Å². The molecule has 0 saturated carbocycles. The van der Waals surface area contributed by atoms with E-state index in [0.29, 0.717) is 6.54 Å². The van der Waals surface area contributed by atoms with E-state index in [1.54, 1.807) is 0 Å². The van der Waals surface area contributed by atoms with Crippen molar-refractivity contribution in [1.29, 1.82) is 0 Å². The van der Waals surface area contributed by atoms with Gasteiger partial charge in [0.05, 0.1) is 13.2 Å². The SMILES string of the molecule is CCCOc1cccc(CCNC(=NCc2ccn(C)c2)NCC)c1.I. The highest BCUT2D eigenvalue weighted by atomic mass is 127. The first-order chi connectivity index (χ1) is 12.2. The predicted octanol–water partition coefficient (Wildman–Crippen LogP) is 3.73. The lowest BCUT2D eigenvalue weighted by atomic mass is 10.1. The van der Waals surface area contributed by atoms with Gasteiger partial charge < -0.3 is 19.9 Å². The lowest BCUT2D eigenvalue weighted by Crippen LogP contribution is -2.38. The summed E-state index contributed by atoms with van der Waals surface area (Å²) in [5.74, 6) is 1.80. The van der Waals surface area contributed by atoms with E-state index in [9.17, 15) is 0 Å². The molecule has 0 amide bonds. The number of guanidine groups is 1. The summed E-state index contributed by atoms with van der Waals surface area (Å²) in [6.45, 7) is 7.31. The third-order valence-electron chi connectivity index (χ3n) is 3.73. The first-order valence-corrected chi connectivity index (χ1v) is 9.06. The van der Waals surface area contributed by atoms with Gasteiger partial charge in [-0.3, -0.25) is 0 Å². The fraction of sp³-hybridized carbons (Fsp3) is 0.450. The highest BCUT2D eigenvalue weighted by molar-refractivity contribution is 14.0. The van der Waals surface area contributed by atoms with Gasteiger partial charge in [-0.1, -0.05) is 19.1 Å². The zero-order chi connectivity index (χ0) is 17.9. The Morgan fingerprint density at radius 2 is 2.00 bits per heavy atom. The first-order valence-electron chi connectivity index (χ1n) is 9.06. The molecule has 6 heteroatoms. The molecule has 1 aromatic carbocycles. The Hall–Kier alpha value is -1.70. The normalized spacial score (nSPS) is 11.0. The predicted molar refractivity (Wildman–Crippen MR) is 120 cm³/mol. The standard InChI is InChI=1S/C20H30N4O.HI/c1-4-13-25-19-8-6-7-17(14-19)9-11-22-20(21-5-2)23-15-18-10-12-24(3)16-18;/h6-8,10,12,14,16H,4-5,9,11,13,15H2,1-3H3,(H2,21,22,23);1H. The summed E-state index contributed by atoms with van der Waals surface area (Å²) in [6, 6.07) is 10.4. The van der Waals surface area contributed by atoms with Crippen LogP contribution in [0, 0.1) is 0 Å². The Kier molecular flexibility index (Phi) is 10.8. The number of aromatic nitrogens is 1. The number of nitrogens with one attached hydrogen (secondary N) is 2. The molecule has 0 spiro atoms. The van der Waals surface area contributed by atoms with Crippen LogP contribution in [0.4, 0.5) is 0 Å². The van der Waals surface area contributed by atoms with Gasteiger partial charge in [0.2, 0.25) is 0 Å². The molecular formula is C20H31IN4O. The van der Waals surface area contributed by atoms with Crippen LogP contribution in [0.25, 0.3) is 0 Å². The molecule has 0 aliphatic carbocycles. The van der Waals surface area contributed by atoms with Gasteiger partial charge in [-0.25, -0.2) is 4.99 Å². The van der Waals surface area contributed by atoms with Crippen molar-refractivity contribution >= 4 is 29.9 Å². The third kappa shape index (κ3) is 8.12. The topological polar surface area (TPSA) is 50.6 Å². The number of aliphatic imine (C=N–C) groups is 1. The van der Waals surface area contributed by atoms with Crippen molar-refractivity contribution in [2.24, 2.45) is 12.0 Å². The maximum Gasteiger partial charge on any atom is 0.191 e. The summed E-state index contributed by atoms with van der Waals surface area (Å²) < 4.78 is 7.73. The van der Waals surface area contributed by atoms with Gasteiger partial charge in [-0.15, -0.1) is 24.0 Å². The fourth-order valence-electron chi connectivity index (χ4n) is 2.50. The van der Waals surface area contributed by atoms with Gasteiger partial charge >= 0.3 is 0 Å². The maximum atomic E-state index is 5.69. The summed E-state index contributed by atoms with van der Waals surface area (Å²) in [5.41, 5.74) is 2.47. The second kappa shape index (κ2) is 12.6. The zero-order valence-electron chi connectivity index (χ0n) is 16.0. The number of benzene rings is 1. The molecule has 1 heterocycles. The Morgan fingerprint density at radius 1 is 1.15 bits per heavy atom. The van der Waals surface area contributed by atoms with Crippen LogP contribution in [0.3, 0.4) is 0 Å². The summed E-state index contributed by atoms with van der Waals surface area (Å²) in [4.78, 5) is 4.64. The van der Waals surface area contributed by atoms with Crippen LogP contribution in [0.1, 0.15) is 31.4 Å². The number of aryl methyl sites for hydroxylation is 1. The molecule has 2 rings (SSSR count). The number of ether oxygens (including phenoxy) is 1. The molecule has 0 aliphatic rings. The van der Waals surface area contributed by atoms with Gasteiger partial charge in [-0.2, -0.15) is 0 Å². The molecule has 26 heavy (non-hydrogen) atoms. The number of halogens is 1. The van der Waals surface area contributed by atoms with Gasteiger partial charge in [0.15, 0.2) is 5.96 Å². The van der Waals surface area contributed by atoms with Crippen molar-refractivity contribution in [3.05, 3.63) is 53.9 Å². The molecule has 2 N–H and O–H groups in total. The summed E-state index contributed by atoms with van der Waals surface area (Å²) in [6.07, 6.45) is 6.09. The van der Waals surface area contributed by atoms with E-state index in [-0.39, 0.29) is 24.0 Å². The second-order valence-electron chi connectivity index (χ2n) is 6.05. The summed E-state index contributed by atoms with van der Waals surface area (Å²) >= 11 is 0. The van der Waals surface area contributed by atoms with Gasteiger partial charge in [0, 0.05) is 32.5 Å². The lowest BCUT2D eigenvalue weighted by molar-refractivity contribution is 0.317. The van der Waals surface area contributed by atoms with E-state index < -0.39 is 0 Å². The summed E-state index contributed by atoms with van der Waals surface area (Å²) in [7, 11) is 2.02. The number of hydrogen-bond acceptors (Lipinski definition) is 2. The Balaban J connectivity index is 0.00000338. The molecule has 0 bridgehead atoms. The monoisotopic (exact) mass is 470 g/mol. The molecule has 0 atom stereocenters. The number of nitrogens with zero attached hydrogens (tertiary/aromatic N) is 2. The molecule has 0 radical (unpaired) electrons. The van der Waals surface area contributed by atoms with E-state index in [4.69, 9.17) is 4.74 Å². The minimum Gasteiger partial charge on any atom is -0.494 e. The van der Waals surface area contributed by atoms with Crippen LogP contribution in [-0.2, 0) is 20.0 Å². The Morgan fingerprint density at radius 3 is 2.69 bits per heavy atom. The highest BCUT2D eigenvalue weighted by Gasteiger charge is 2.01. The fourth-order valence-corrected chi connectivity index (χ4v) is 2.50. The minimum atomic E-state index is 0. The van der Waals surface area contributed by atoms with Crippen LogP contribution in [0.15, 0.2) is 47.7 Å². The van der Waals surface area contributed by atoms with Crippen molar-refractivity contribution in [3.63, 3.8) is 0 Å². The van der Waals surface area contributed by atoms with Crippen LogP contribution in [0.5, 0.6) is 5.75 Å². The third-order valence-corrected chi connectivity index (χ3v) is 3.73.